The lowest BCUT2D eigenvalue weighted by Gasteiger charge is -2.00. The van der Waals surface area contributed by atoms with Crippen molar-refractivity contribution in [2.24, 2.45) is 0 Å². The first-order valence-electron chi connectivity index (χ1n) is 7.15. The Labute approximate surface area is 149 Å². The van der Waals surface area contributed by atoms with Crippen molar-refractivity contribution in [2.75, 3.05) is 0 Å². The van der Waals surface area contributed by atoms with E-state index in [2.05, 4.69) is 38.8 Å². The van der Waals surface area contributed by atoms with Gasteiger partial charge in [0.05, 0.1) is 17.7 Å². The third-order valence-electron chi connectivity index (χ3n) is 3.41. The highest BCUT2D eigenvalue weighted by Gasteiger charge is 2.23. The van der Waals surface area contributed by atoms with E-state index in [4.69, 9.17) is 0 Å². The van der Waals surface area contributed by atoms with E-state index in [1.807, 2.05) is 0 Å². The Bertz CT molecular complexity index is 633. The van der Waals surface area contributed by atoms with Gasteiger partial charge in [0.2, 0.25) is 0 Å². The fourth-order valence-corrected chi connectivity index (χ4v) is 6.77. The topological polar surface area (TPSA) is 17.1 Å². The van der Waals surface area contributed by atoms with E-state index in [1.165, 1.54) is 48.4 Å². The van der Waals surface area contributed by atoms with Crippen molar-refractivity contribution >= 4 is 70.4 Å². The molecular formula is C15H17Br2FOS2. The summed E-state index contributed by atoms with van der Waals surface area (Å²) in [6.07, 6.45) is 7.23. The summed E-state index contributed by atoms with van der Waals surface area (Å²) in [4.78, 5) is 12.5. The van der Waals surface area contributed by atoms with Gasteiger partial charge in [-0.2, -0.15) is 0 Å². The van der Waals surface area contributed by atoms with E-state index in [0.29, 0.717) is 11.8 Å². The number of Topliss-reactive ketones (excluding diaryl/α,β-unsaturated/α-hetero) is 1. The zero-order valence-electron chi connectivity index (χ0n) is 11.8. The van der Waals surface area contributed by atoms with Crippen LogP contribution in [0.15, 0.2) is 7.57 Å². The maximum atomic E-state index is 14.4. The van der Waals surface area contributed by atoms with Crippen molar-refractivity contribution in [3.63, 3.8) is 0 Å². The van der Waals surface area contributed by atoms with Crippen LogP contribution in [0.5, 0.6) is 0 Å². The second-order valence-electron chi connectivity index (χ2n) is 5.04. The van der Waals surface area contributed by atoms with Gasteiger partial charge < -0.3 is 0 Å². The molecule has 0 N–H and O–H groups in total. The number of rotatable bonds is 8. The number of hydrogen-bond acceptors (Lipinski definition) is 3. The van der Waals surface area contributed by atoms with Crippen LogP contribution in [0.2, 0.25) is 0 Å². The first-order valence-corrected chi connectivity index (χ1v) is 10.4. The molecule has 6 heteroatoms. The van der Waals surface area contributed by atoms with Crippen LogP contribution in [0.1, 0.15) is 61.5 Å². The summed E-state index contributed by atoms with van der Waals surface area (Å²) >= 11 is 9.49. The number of ketones is 1. The van der Waals surface area contributed by atoms with Gasteiger partial charge in [0.1, 0.15) is 4.88 Å². The van der Waals surface area contributed by atoms with Crippen LogP contribution in [0.4, 0.5) is 4.39 Å². The molecule has 0 spiro atoms. The number of hydrogen-bond donors (Lipinski definition) is 0. The summed E-state index contributed by atoms with van der Waals surface area (Å²) in [6.45, 7) is 2.19. The van der Waals surface area contributed by atoms with Gasteiger partial charge in [-0.1, -0.05) is 39.0 Å². The molecule has 2 heterocycles. The van der Waals surface area contributed by atoms with Gasteiger partial charge in [0.15, 0.2) is 11.6 Å². The number of carbonyl (C=O) groups excluding carboxylic acids is 1. The van der Waals surface area contributed by atoms with Gasteiger partial charge in [-0.25, -0.2) is 4.39 Å². The van der Waals surface area contributed by atoms with E-state index in [1.54, 1.807) is 0 Å². The molecule has 1 nitrogen and oxygen atoms in total. The third-order valence-corrected chi connectivity index (χ3v) is 7.56. The largest absolute Gasteiger partial charge is 0.293 e. The number of fused-ring (bicyclic) bond motifs is 1. The minimum atomic E-state index is -0.361. The van der Waals surface area contributed by atoms with Crippen molar-refractivity contribution in [1.82, 2.24) is 0 Å². The molecule has 21 heavy (non-hydrogen) atoms. The molecule has 0 saturated carbocycles. The third kappa shape index (κ3) is 4.15. The minimum Gasteiger partial charge on any atom is -0.293 e. The van der Waals surface area contributed by atoms with E-state index < -0.39 is 0 Å². The highest BCUT2D eigenvalue weighted by molar-refractivity contribution is 9.12. The van der Waals surface area contributed by atoms with Crippen LogP contribution < -0.4 is 0 Å². The molecule has 2 aromatic rings. The fourth-order valence-electron chi connectivity index (χ4n) is 2.26. The molecule has 0 aliphatic heterocycles. The van der Waals surface area contributed by atoms with E-state index >= 15 is 0 Å². The molecule has 0 fully saturated rings. The Morgan fingerprint density at radius 3 is 2.38 bits per heavy atom. The minimum absolute atomic E-state index is 0.0620. The fraction of sp³-hybridized carbons (Fsp3) is 0.533. The number of unbranched alkanes of at least 4 members (excludes halogenated alkanes) is 5. The summed E-state index contributed by atoms with van der Waals surface area (Å²) in [7, 11) is 0. The number of thiophene rings is 2. The smallest absolute Gasteiger partial charge is 0.175 e. The molecule has 2 aromatic heterocycles. The molecule has 0 unspecified atom stereocenters. The van der Waals surface area contributed by atoms with Crippen molar-refractivity contribution in [1.29, 1.82) is 0 Å². The molecule has 0 aromatic carbocycles. The Morgan fingerprint density at radius 2 is 1.71 bits per heavy atom. The van der Waals surface area contributed by atoms with Crippen molar-refractivity contribution < 1.29 is 9.18 Å². The first-order chi connectivity index (χ1) is 10.1. The maximum Gasteiger partial charge on any atom is 0.175 e. The second-order valence-corrected chi connectivity index (χ2v) is 9.72. The molecule has 0 amide bonds. The van der Waals surface area contributed by atoms with Crippen LogP contribution in [-0.2, 0) is 0 Å². The summed E-state index contributed by atoms with van der Waals surface area (Å²) in [5, 5.41) is 0.545. The molecular weight excluding hydrogens is 439 g/mol. The lowest BCUT2D eigenvalue weighted by Crippen LogP contribution is -1.98. The normalized spacial score (nSPS) is 11.4. The van der Waals surface area contributed by atoms with Crippen LogP contribution in [-0.4, -0.2) is 5.78 Å². The highest BCUT2D eigenvalue weighted by Crippen LogP contribution is 2.45. The molecule has 0 bridgehead atoms. The molecule has 2 rings (SSSR count). The average Bonchev–Trinajstić information content (AvgIpc) is 2.93. The molecule has 116 valence electrons. The molecule has 0 saturated heterocycles. The van der Waals surface area contributed by atoms with Crippen LogP contribution >= 0.6 is 54.5 Å². The second kappa shape index (κ2) is 8.18. The van der Waals surface area contributed by atoms with Crippen LogP contribution in [0, 0.1) is 5.82 Å². The summed E-state index contributed by atoms with van der Waals surface area (Å²) < 4.78 is 16.8. The number of carbonyl (C=O) groups is 1. The standard InChI is InChI=1S/C15H17Br2FOS2/c1-2-3-4-5-6-7-8-9(19)12-11(18)10-13(20-12)15(17)21-14(10)16/h2-8H2,1H3. The van der Waals surface area contributed by atoms with Crippen molar-refractivity contribution in [3.8, 4) is 0 Å². The van der Waals surface area contributed by atoms with Gasteiger partial charge in [-0.3, -0.25) is 4.79 Å². The van der Waals surface area contributed by atoms with Crippen molar-refractivity contribution in [3.05, 3.63) is 18.3 Å². The lowest BCUT2D eigenvalue weighted by atomic mass is 10.1. The summed E-state index contributed by atoms with van der Waals surface area (Å²) in [5.74, 6) is -0.423. The predicted molar refractivity (Wildman–Crippen MR) is 97.4 cm³/mol. The maximum absolute atomic E-state index is 14.4. The van der Waals surface area contributed by atoms with Gasteiger partial charge in [0.25, 0.3) is 0 Å². The molecule has 0 radical (unpaired) electrons. The molecule has 0 aliphatic rings. The van der Waals surface area contributed by atoms with Gasteiger partial charge in [0, 0.05) is 6.42 Å². The lowest BCUT2D eigenvalue weighted by molar-refractivity contribution is 0.0979. The Hall–Kier alpha value is 0.220. The predicted octanol–water partition coefficient (Wildman–Crippen LogP) is 7.56. The van der Waals surface area contributed by atoms with Gasteiger partial charge >= 0.3 is 0 Å². The highest BCUT2D eigenvalue weighted by atomic mass is 79.9. The van der Waals surface area contributed by atoms with E-state index in [0.717, 1.165) is 25.1 Å². The average molecular weight is 456 g/mol. The van der Waals surface area contributed by atoms with Crippen LogP contribution in [0.25, 0.3) is 10.1 Å². The first kappa shape index (κ1) is 17.6. The summed E-state index contributed by atoms with van der Waals surface area (Å²) in [5.41, 5.74) is 0. The van der Waals surface area contributed by atoms with Crippen LogP contribution in [0.3, 0.4) is 0 Å². The van der Waals surface area contributed by atoms with Gasteiger partial charge in [-0.05, 0) is 38.3 Å². The Balaban J connectivity index is 1.97. The van der Waals surface area contributed by atoms with E-state index in [9.17, 15) is 9.18 Å². The number of halogens is 3. The van der Waals surface area contributed by atoms with Gasteiger partial charge in [-0.15, -0.1) is 22.7 Å². The Morgan fingerprint density at radius 1 is 1.05 bits per heavy atom. The SMILES string of the molecule is CCCCCCCCC(=O)c1sc2c(Br)sc(Br)c2c1F. The van der Waals surface area contributed by atoms with E-state index in [-0.39, 0.29) is 16.5 Å². The van der Waals surface area contributed by atoms with Crippen molar-refractivity contribution in [2.45, 2.75) is 51.9 Å². The quantitative estimate of drug-likeness (QED) is 0.296. The zero-order chi connectivity index (χ0) is 15.4. The summed E-state index contributed by atoms with van der Waals surface area (Å²) in [6, 6.07) is 0. The zero-order valence-corrected chi connectivity index (χ0v) is 16.6. The Kier molecular flexibility index (Phi) is 6.84. The molecule has 0 aliphatic carbocycles. The monoisotopic (exact) mass is 454 g/mol. The molecule has 0 atom stereocenters.